The lowest BCUT2D eigenvalue weighted by Crippen LogP contribution is -2.28. The van der Waals surface area contributed by atoms with Crippen LogP contribution in [0, 0.1) is 12.3 Å². The van der Waals surface area contributed by atoms with Crippen molar-refractivity contribution in [3.05, 3.63) is 33.7 Å². The molecule has 1 heterocycles. The topological polar surface area (TPSA) is 71.9 Å². The van der Waals surface area contributed by atoms with Gasteiger partial charge >= 0.3 is 0 Å². The van der Waals surface area contributed by atoms with E-state index < -0.39 is 0 Å². The molecule has 64 valence electrons. The van der Waals surface area contributed by atoms with E-state index in [9.17, 15) is 4.79 Å². The molecule has 0 saturated heterocycles. The summed E-state index contributed by atoms with van der Waals surface area (Å²) < 4.78 is 1.47. The molecule has 4 nitrogen and oxygen atoms in total. The van der Waals surface area contributed by atoms with Gasteiger partial charge < -0.3 is 10.3 Å². The monoisotopic (exact) mass is 165 g/mol. The minimum absolute atomic E-state index is 0.185. The van der Waals surface area contributed by atoms with Gasteiger partial charge in [-0.3, -0.25) is 10.2 Å². The highest BCUT2D eigenvalue weighted by Crippen LogP contribution is 1.94. The molecule has 0 bridgehead atoms. The molecule has 1 aromatic heterocycles. The number of aromatic nitrogens is 1. The number of hydrogen-bond acceptors (Lipinski definition) is 2. The van der Waals surface area contributed by atoms with Gasteiger partial charge in [0.25, 0.3) is 5.56 Å². The maximum Gasteiger partial charge on any atom is 0.261 e. The zero-order valence-electron chi connectivity index (χ0n) is 7.09. The minimum atomic E-state index is -0.220. The number of nitrogen functional groups attached to an aromatic ring is 1. The summed E-state index contributed by atoms with van der Waals surface area (Å²) in [4.78, 5) is 11.4. The summed E-state index contributed by atoms with van der Waals surface area (Å²) in [6, 6.07) is 3.33. The lowest BCUT2D eigenvalue weighted by atomic mass is 10.2. The van der Waals surface area contributed by atoms with Crippen LogP contribution in [0.4, 0.5) is 0 Å². The van der Waals surface area contributed by atoms with E-state index in [1.165, 1.54) is 4.57 Å². The van der Waals surface area contributed by atoms with Gasteiger partial charge in [0.1, 0.15) is 5.84 Å². The number of hydrogen-bond donors (Lipinski definition) is 2. The van der Waals surface area contributed by atoms with Gasteiger partial charge in [0.15, 0.2) is 0 Å². The standard InChI is InChI=1S/C8H11N3O/c1-5-3-4-6(7(9)10)8(12)11(5)2/h3-4H,1-2H3,(H3,9,10). The summed E-state index contributed by atoms with van der Waals surface area (Å²) in [7, 11) is 1.66. The molecule has 0 aliphatic heterocycles. The Morgan fingerprint density at radius 3 is 2.67 bits per heavy atom. The second kappa shape index (κ2) is 2.81. The lowest BCUT2D eigenvalue weighted by molar-refractivity contribution is 0.815. The van der Waals surface area contributed by atoms with E-state index >= 15 is 0 Å². The van der Waals surface area contributed by atoms with Crippen molar-refractivity contribution in [3.8, 4) is 0 Å². The number of nitrogens with one attached hydrogen (secondary N) is 1. The second-order valence-electron chi connectivity index (χ2n) is 2.67. The fraction of sp³-hybridized carbons (Fsp3) is 0.250. The first-order valence-corrected chi connectivity index (χ1v) is 3.55. The van der Waals surface area contributed by atoms with Gasteiger partial charge in [-0.05, 0) is 19.1 Å². The van der Waals surface area contributed by atoms with Crippen molar-refractivity contribution in [2.45, 2.75) is 6.92 Å². The summed E-state index contributed by atoms with van der Waals surface area (Å²) in [5.41, 5.74) is 6.09. The van der Waals surface area contributed by atoms with Crippen LogP contribution in [-0.2, 0) is 7.05 Å². The molecular formula is C8H11N3O. The molecule has 0 amide bonds. The van der Waals surface area contributed by atoms with E-state index in [0.717, 1.165) is 5.69 Å². The number of aryl methyl sites for hydroxylation is 1. The Labute approximate surface area is 70.1 Å². The minimum Gasteiger partial charge on any atom is -0.384 e. The number of nitrogens with two attached hydrogens (primary N) is 1. The molecule has 0 saturated carbocycles. The van der Waals surface area contributed by atoms with E-state index in [1.807, 2.05) is 6.92 Å². The SMILES string of the molecule is Cc1ccc(C(=N)N)c(=O)n1C. The van der Waals surface area contributed by atoms with Crippen molar-refractivity contribution in [1.82, 2.24) is 4.57 Å². The Morgan fingerprint density at radius 2 is 2.17 bits per heavy atom. The number of nitrogens with zero attached hydrogens (tertiary/aromatic N) is 1. The molecular weight excluding hydrogens is 154 g/mol. The molecule has 0 unspecified atom stereocenters. The largest absolute Gasteiger partial charge is 0.384 e. The quantitative estimate of drug-likeness (QED) is 0.453. The Hall–Kier alpha value is -1.58. The van der Waals surface area contributed by atoms with Gasteiger partial charge in [0, 0.05) is 12.7 Å². The molecule has 0 aliphatic carbocycles. The van der Waals surface area contributed by atoms with Crippen molar-refractivity contribution in [3.63, 3.8) is 0 Å². The molecule has 0 aliphatic rings. The Balaban J connectivity index is 3.47. The molecule has 12 heavy (non-hydrogen) atoms. The van der Waals surface area contributed by atoms with E-state index in [4.69, 9.17) is 11.1 Å². The predicted molar refractivity (Wildman–Crippen MR) is 47.4 cm³/mol. The van der Waals surface area contributed by atoms with Gasteiger partial charge in [0.2, 0.25) is 0 Å². The zero-order chi connectivity index (χ0) is 9.30. The maximum atomic E-state index is 11.4. The second-order valence-corrected chi connectivity index (χ2v) is 2.67. The van der Waals surface area contributed by atoms with Gasteiger partial charge in [-0.15, -0.1) is 0 Å². The van der Waals surface area contributed by atoms with Crippen LogP contribution in [-0.4, -0.2) is 10.4 Å². The van der Waals surface area contributed by atoms with Crippen molar-refractivity contribution >= 4 is 5.84 Å². The van der Waals surface area contributed by atoms with Crippen LogP contribution in [0.15, 0.2) is 16.9 Å². The molecule has 1 aromatic rings. The lowest BCUT2D eigenvalue weighted by Gasteiger charge is -2.04. The zero-order valence-corrected chi connectivity index (χ0v) is 7.09. The van der Waals surface area contributed by atoms with E-state index in [1.54, 1.807) is 19.2 Å². The predicted octanol–water partition coefficient (Wildman–Crippen LogP) is -0.0222. The fourth-order valence-corrected chi connectivity index (χ4v) is 0.933. The highest BCUT2D eigenvalue weighted by molar-refractivity contribution is 5.94. The van der Waals surface area contributed by atoms with Gasteiger partial charge in [-0.2, -0.15) is 0 Å². The van der Waals surface area contributed by atoms with Crippen LogP contribution in [0.2, 0.25) is 0 Å². The average molecular weight is 165 g/mol. The summed E-state index contributed by atoms with van der Waals surface area (Å²) in [5, 5.41) is 7.11. The molecule has 0 radical (unpaired) electrons. The number of pyridine rings is 1. The van der Waals surface area contributed by atoms with Crippen LogP contribution in [0.5, 0.6) is 0 Å². The third kappa shape index (κ3) is 1.23. The van der Waals surface area contributed by atoms with E-state index in [0.29, 0.717) is 0 Å². The van der Waals surface area contributed by atoms with E-state index in [-0.39, 0.29) is 17.0 Å². The summed E-state index contributed by atoms with van der Waals surface area (Å²) >= 11 is 0. The number of rotatable bonds is 1. The van der Waals surface area contributed by atoms with Crippen LogP contribution < -0.4 is 11.3 Å². The summed E-state index contributed by atoms with van der Waals surface area (Å²) in [6.45, 7) is 1.82. The fourth-order valence-electron chi connectivity index (χ4n) is 0.933. The van der Waals surface area contributed by atoms with Crippen LogP contribution in [0.25, 0.3) is 0 Å². The average Bonchev–Trinajstić information content (AvgIpc) is 2.00. The molecule has 1 rings (SSSR count). The Morgan fingerprint density at radius 1 is 1.58 bits per heavy atom. The molecule has 4 heteroatoms. The van der Waals surface area contributed by atoms with Crippen molar-refractivity contribution in [2.75, 3.05) is 0 Å². The maximum absolute atomic E-state index is 11.4. The van der Waals surface area contributed by atoms with Crippen LogP contribution >= 0.6 is 0 Å². The molecule has 3 N–H and O–H groups in total. The normalized spacial score (nSPS) is 9.83. The Bertz CT molecular complexity index is 378. The first-order chi connectivity index (χ1) is 5.54. The van der Waals surface area contributed by atoms with E-state index in [2.05, 4.69) is 0 Å². The van der Waals surface area contributed by atoms with Gasteiger partial charge in [0.05, 0.1) is 5.56 Å². The number of amidine groups is 1. The van der Waals surface area contributed by atoms with Crippen molar-refractivity contribution < 1.29 is 0 Å². The van der Waals surface area contributed by atoms with Crippen LogP contribution in [0.1, 0.15) is 11.3 Å². The molecule has 0 fully saturated rings. The third-order valence-electron chi connectivity index (χ3n) is 1.85. The van der Waals surface area contributed by atoms with Gasteiger partial charge in [-0.1, -0.05) is 0 Å². The molecule has 0 atom stereocenters. The smallest absolute Gasteiger partial charge is 0.261 e. The van der Waals surface area contributed by atoms with Gasteiger partial charge in [-0.25, -0.2) is 0 Å². The molecule has 0 spiro atoms. The first kappa shape index (κ1) is 8.52. The summed E-state index contributed by atoms with van der Waals surface area (Å²) in [5.74, 6) is -0.185. The summed E-state index contributed by atoms with van der Waals surface area (Å²) in [6.07, 6.45) is 0. The van der Waals surface area contributed by atoms with Crippen molar-refractivity contribution in [1.29, 1.82) is 5.41 Å². The molecule has 0 aromatic carbocycles. The third-order valence-corrected chi connectivity index (χ3v) is 1.85. The van der Waals surface area contributed by atoms with Crippen molar-refractivity contribution in [2.24, 2.45) is 12.8 Å². The highest BCUT2D eigenvalue weighted by Gasteiger charge is 2.04. The Kier molecular flexibility index (Phi) is 1.99. The van der Waals surface area contributed by atoms with Crippen LogP contribution in [0.3, 0.4) is 0 Å². The highest BCUT2D eigenvalue weighted by atomic mass is 16.1. The first-order valence-electron chi connectivity index (χ1n) is 3.55.